The number of nitrogens with zero attached hydrogens (tertiary/aromatic N) is 1. The third-order valence-corrected chi connectivity index (χ3v) is 6.76. The minimum absolute atomic E-state index is 0.0675. The highest BCUT2D eigenvalue weighted by molar-refractivity contribution is 8.00. The smallest absolute Gasteiger partial charge is 0.244 e. The molecule has 0 radical (unpaired) electrons. The number of thioether (sulfide) groups is 1. The van der Waals surface area contributed by atoms with E-state index in [-0.39, 0.29) is 11.2 Å². The van der Waals surface area contributed by atoms with Crippen LogP contribution in [0.15, 0.2) is 88.5 Å². The fraction of sp³-hybridized carbons (Fsp3) is 0.0476. The van der Waals surface area contributed by atoms with Crippen LogP contribution in [0.4, 0.5) is 5.13 Å². The molecule has 1 N–H and O–H groups in total. The van der Waals surface area contributed by atoms with Gasteiger partial charge in [0.25, 0.3) is 0 Å². The molecule has 2 heterocycles. The molecule has 0 fully saturated rings. The first-order valence-electron chi connectivity index (χ1n) is 8.36. The quantitative estimate of drug-likeness (QED) is 0.378. The summed E-state index contributed by atoms with van der Waals surface area (Å²) in [5, 5.41) is 7.27. The van der Waals surface area contributed by atoms with Crippen molar-refractivity contribution < 1.29 is 4.79 Å². The Morgan fingerprint density at radius 2 is 1.67 bits per heavy atom. The van der Waals surface area contributed by atoms with E-state index in [9.17, 15) is 4.79 Å². The summed E-state index contributed by atoms with van der Waals surface area (Å²) in [5.41, 5.74) is 1.87. The van der Waals surface area contributed by atoms with Gasteiger partial charge in [0.05, 0.1) is 10.6 Å². The number of anilines is 1. The second-order valence-corrected chi connectivity index (χ2v) is 8.71. The molecule has 2 aromatic heterocycles. The zero-order chi connectivity index (χ0) is 18.5. The van der Waals surface area contributed by atoms with E-state index in [4.69, 9.17) is 0 Å². The van der Waals surface area contributed by atoms with Gasteiger partial charge in [0.1, 0.15) is 5.25 Å². The Hall–Kier alpha value is -2.41. The van der Waals surface area contributed by atoms with E-state index in [1.54, 1.807) is 23.1 Å². The Bertz CT molecular complexity index is 998. The summed E-state index contributed by atoms with van der Waals surface area (Å²) < 4.78 is 0. The summed E-state index contributed by atoms with van der Waals surface area (Å²) in [4.78, 5) is 19.8. The third kappa shape index (κ3) is 4.47. The zero-order valence-electron chi connectivity index (χ0n) is 14.2. The topological polar surface area (TPSA) is 42.0 Å². The van der Waals surface area contributed by atoms with Gasteiger partial charge in [0.2, 0.25) is 5.91 Å². The van der Waals surface area contributed by atoms with Gasteiger partial charge in [0.15, 0.2) is 5.13 Å². The van der Waals surface area contributed by atoms with E-state index in [1.807, 2.05) is 83.6 Å². The first kappa shape index (κ1) is 18.0. The van der Waals surface area contributed by atoms with Gasteiger partial charge in [-0.2, -0.15) is 0 Å². The van der Waals surface area contributed by atoms with Gasteiger partial charge in [-0.3, -0.25) is 4.79 Å². The van der Waals surface area contributed by atoms with Crippen molar-refractivity contribution in [3.63, 3.8) is 0 Å². The molecular weight excluding hydrogens is 392 g/mol. The molecule has 27 heavy (non-hydrogen) atoms. The monoisotopic (exact) mass is 408 g/mol. The number of amides is 1. The Morgan fingerprint density at radius 1 is 0.926 bits per heavy atom. The normalized spacial score (nSPS) is 11.9. The number of carbonyl (C=O) groups is 1. The van der Waals surface area contributed by atoms with E-state index in [0.29, 0.717) is 5.13 Å². The van der Waals surface area contributed by atoms with Gasteiger partial charge in [-0.25, -0.2) is 4.98 Å². The highest BCUT2D eigenvalue weighted by Crippen LogP contribution is 2.36. The predicted octanol–water partition coefficient (Wildman–Crippen LogP) is 6.34. The fourth-order valence-corrected chi connectivity index (χ4v) is 5.10. The highest BCUT2D eigenvalue weighted by Gasteiger charge is 2.23. The molecule has 0 saturated carbocycles. The van der Waals surface area contributed by atoms with E-state index in [2.05, 4.69) is 10.3 Å². The molecule has 0 spiro atoms. The van der Waals surface area contributed by atoms with E-state index < -0.39 is 0 Å². The van der Waals surface area contributed by atoms with Gasteiger partial charge < -0.3 is 5.32 Å². The SMILES string of the molecule is O=C(Nc1nc(-c2cccs2)cs1)C(Sc1ccccc1)c1ccccc1. The molecule has 0 bridgehead atoms. The van der Waals surface area contributed by atoms with Crippen molar-refractivity contribution in [1.29, 1.82) is 0 Å². The average molecular weight is 409 g/mol. The van der Waals surface area contributed by atoms with Crippen molar-refractivity contribution in [2.75, 3.05) is 5.32 Å². The molecule has 0 saturated heterocycles. The van der Waals surface area contributed by atoms with Crippen LogP contribution in [0.3, 0.4) is 0 Å². The van der Waals surface area contributed by atoms with Crippen LogP contribution in [-0.4, -0.2) is 10.9 Å². The van der Waals surface area contributed by atoms with Crippen molar-refractivity contribution in [1.82, 2.24) is 4.98 Å². The van der Waals surface area contributed by atoms with Crippen LogP contribution in [0.5, 0.6) is 0 Å². The summed E-state index contributed by atoms with van der Waals surface area (Å²) in [6.07, 6.45) is 0. The van der Waals surface area contributed by atoms with Crippen molar-refractivity contribution in [3.05, 3.63) is 89.1 Å². The lowest BCUT2D eigenvalue weighted by molar-refractivity contribution is -0.115. The molecular formula is C21H16N2OS3. The second kappa shape index (κ2) is 8.52. The van der Waals surface area contributed by atoms with E-state index >= 15 is 0 Å². The average Bonchev–Trinajstić information content (AvgIpc) is 3.39. The van der Waals surface area contributed by atoms with Crippen LogP contribution in [-0.2, 0) is 4.79 Å². The molecule has 2 aromatic carbocycles. The van der Waals surface area contributed by atoms with Crippen LogP contribution in [0, 0.1) is 0 Å². The lowest BCUT2D eigenvalue weighted by Crippen LogP contribution is -2.18. The van der Waals surface area contributed by atoms with Crippen LogP contribution in [0.2, 0.25) is 0 Å². The first-order valence-corrected chi connectivity index (χ1v) is 11.0. The molecule has 0 aliphatic rings. The van der Waals surface area contributed by atoms with Crippen LogP contribution in [0.1, 0.15) is 10.8 Å². The molecule has 4 aromatic rings. The number of hydrogen-bond donors (Lipinski definition) is 1. The maximum absolute atomic E-state index is 13.1. The number of aromatic nitrogens is 1. The van der Waals surface area contributed by atoms with Crippen molar-refractivity contribution in [2.45, 2.75) is 10.1 Å². The fourth-order valence-electron chi connectivity index (χ4n) is 2.58. The minimum atomic E-state index is -0.345. The lowest BCUT2D eigenvalue weighted by atomic mass is 10.1. The number of thiazole rings is 1. The van der Waals surface area contributed by atoms with E-state index in [1.165, 1.54) is 11.3 Å². The van der Waals surface area contributed by atoms with Crippen molar-refractivity contribution in [2.24, 2.45) is 0 Å². The standard InChI is InChI=1S/C21H16N2OS3/c24-20(23-21-22-17(14-26-21)18-12-7-13-25-18)19(15-8-3-1-4-9-15)27-16-10-5-2-6-11-16/h1-14,19H,(H,22,23,24). The summed E-state index contributed by atoms with van der Waals surface area (Å²) in [5.74, 6) is -0.0675. The Morgan fingerprint density at radius 3 is 2.37 bits per heavy atom. The summed E-state index contributed by atoms with van der Waals surface area (Å²) in [6, 6.07) is 23.9. The predicted molar refractivity (Wildman–Crippen MR) is 116 cm³/mol. The minimum Gasteiger partial charge on any atom is -0.301 e. The Balaban J connectivity index is 1.55. The maximum atomic E-state index is 13.1. The lowest BCUT2D eigenvalue weighted by Gasteiger charge is -2.16. The number of carbonyl (C=O) groups excluding carboxylic acids is 1. The number of thiophene rings is 1. The Kier molecular flexibility index (Phi) is 5.67. The molecule has 3 nitrogen and oxygen atoms in total. The number of nitrogens with one attached hydrogen (secondary N) is 1. The molecule has 1 amide bonds. The summed E-state index contributed by atoms with van der Waals surface area (Å²) in [7, 11) is 0. The second-order valence-electron chi connectivity index (χ2n) is 5.73. The van der Waals surface area contributed by atoms with Gasteiger partial charge in [0, 0.05) is 10.3 Å². The van der Waals surface area contributed by atoms with Gasteiger partial charge in [-0.15, -0.1) is 34.4 Å². The van der Waals surface area contributed by atoms with Crippen molar-refractivity contribution in [3.8, 4) is 10.6 Å². The van der Waals surface area contributed by atoms with E-state index in [0.717, 1.165) is 21.0 Å². The summed E-state index contributed by atoms with van der Waals surface area (Å²) in [6.45, 7) is 0. The molecule has 1 unspecified atom stereocenters. The van der Waals surface area contributed by atoms with Crippen LogP contribution < -0.4 is 5.32 Å². The zero-order valence-corrected chi connectivity index (χ0v) is 16.7. The molecule has 0 aliphatic heterocycles. The van der Waals surface area contributed by atoms with Crippen LogP contribution in [0.25, 0.3) is 10.6 Å². The third-order valence-electron chi connectivity index (χ3n) is 3.85. The molecule has 134 valence electrons. The highest BCUT2D eigenvalue weighted by atomic mass is 32.2. The number of benzene rings is 2. The molecule has 1 atom stereocenters. The Labute approximate surface area is 170 Å². The van der Waals surface area contributed by atoms with Crippen LogP contribution >= 0.6 is 34.4 Å². The molecule has 0 aliphatic carbocycles. The number of rotatable bonds is 6. The molecule has 4 rings (SSSR count). The van der Waals surface area contributed by atoms with Crippen molar-refractivity contribution >= 4 is 45.5 Å². The number of hydrogen-bond acceptors (Lipinski definition) is 5. The molecule has 6 heteroatoms. The first-order chi connectivity index (χ1) is 13.3. The largest absolute Gasteiger partial charge is 0.301 e. The maximum Gasteiger partial charge on any atom is 0.244 e. The van der Waals surface area contributed by atoms with Gasteiger partial charge in [-0.1, -0.05) is 54.6 Å². The van der Waals surface area contributed by atoms with Gasteiger partial charge in [-0.05, 0) is 29.1 Å². The van der Waals surface area contributed by atoms with Gasteiger partial charge >= 0.3 is 0 Å². The summed E-state index contributed by atoms with van der Waals surface area (Å²) >= 11 is 4.63.